The maximum Gasteiger partial charge on any atom is 0.128 e. The van der Waals surface area contributed by atoms with E-state index in [1.807, 2.05) is 24.3 Å². The van der Waals surface area contributed by atoms with Crippen molar-refractivity contribution in [1.29, 1.82) is 0 Å². The molecule has 0 spiro atoms. The summed E-state index contributed by atoms with van der Waals surface area (Å²) in [7, 11) is 5.15. The van der Waals surface area contributed by atoms with Crippen LogP contribution in [0.1, 0.15) is 0 Å². The molecule has 2 aromatic rings. The zero-order valence-electron chi connectivity index (χ0n) is 12.0. The molecule has 0 N–H and O–H groups in total. The molecule has 2 nitrogen and oxygen atoms in total. The van der Waals surface area contributed by atoms with E-state index < -0.39 is 4.87 Å². The summed E-state index contributed by atoms with van der Waals surface area (Å²) < 4.78 is 11.1. The smallest absolute Gasteiger partial charge is 0.128 e. The van der Waals surface area contributed by atoms with Gasteiger partial charge in [0.15, 0.2) is 0 Å². The van der Waals surface area contributed by atoms with Crippen LogP contribution >= 0.6 is 55.3 Å². The van der Waals surface area contributed by atoms with Gasteiger partial charge in [-0.25, -0.2) is 0 Å². The van der Waals surface area contributed by atoms with Crippen LogP contribution in [0.2, 0.25) is 0 Å². The van der Waals surface area contributed by atoms with E-state index in [1.165, 1.54) is 10.6 Å². The molecule has 0 saturated carbocycles. The van der Waals surface area contributed by atoms with Crippen LogP contribution in [0.5, 0.6) is 11.5 Å². The summed E-state index contributed by atoms with van der Waals surface area (Å²) in [4.78, 5) is -1.45. The average Bonchev–Trinajstić information content (AvgIpc) is 2.55. The molecule has 117 valence electrons. The summed E-state index contributed by atoms with van der Waals surface area (Å²) in [5.41, 5.74) is 0. The molecule has 1 fully saturated rings. The number of methoxy groups -OCH3 is 2. The van der Waals surface area contributed by atoms with E-state index in [0.29, 0.717) is 0 Å². The van der Waals surface area contributed by atoms with E-state index >= 15 is 0 Å². The lowest BCUT2D eigenvalue weighted by Gasteiger charge is -2.46. The zero-order chi connectivity index (χ0) is 15.6. The van der Waals surface area contributed by atoms with Crippen molar-refractivity contribution < 1.29 is 9.47 Å². The van der Waals surface area contributed by atoms with E-state index in [9.17, 15) is 0 Å². The van der Waals surface area contributed by atoms with E-state index in [0.717, 1.165) is 11.5 Å². The van der Waals surface area contributed by atoms with Crippen molar-refractivity contribution in [3.8, 4) is 11.5 Å². The summed E-state index contributed by atoms with van der Waals surface area (Å²) in [5, 5.41) is 2.60. The van der Waals surface area contributed by atoms with Gasteiger partial charge in [-0.2, -0.15) is 0 Å². The minimum Gasteiger partial charge on any atom is -0.496 e. The molecule has 0 atom stereocenters. The van der Waals surface area contributed by atoms with Crippen molar-refractivity contribution in [3.05, 3.63) is 48.5 Å². The second-order valence-corrected chi connectivity index (χ2v) is 23.1. The summed E-state index contributed by atoms with van der Waals surface area (Å²) in [6.45, 7) is 0. The van der Waals surface area contributed by atoms with Crippen molar-refractivity contribution >= 4 is 65.9 Å². The SMILES string of the molecule is COc1ccccc1P1S[P](SS)(c2ccccc2OC)S1. The van der Waals surface area contributed by atoms with Gasteiger partial charge in [-0.1, -0.05) is 46.3 Å². The zero-order valence-corrected chi connectivity index (χ0v) is 17.1. The molecule has 0 aromatic heterocycles. The normalized spacial score (nSPS) is 23.7. The number of ether oxygens (including phenoxy) is 2. The van der Waals surface area contributed by atoms with Gasteiger partial charge in [0, 0.05) is 10.6 Å². The monoisotopic (exact) mass is 405 g/mol. The predicted octanol–water partition coefficient (Wildman–Crippen LogP) is 5.79. The van der Waals surface area contributed by atoms with Crippen LogP contribution < -0.4 is 20.1 Å². The minimum absolute atomic E-state index is 0.322. The van der Waals surface area contributed by atoms with Crippen LogP contribution in [0, 0.1) is 0 Å². The Morgan fingerprint density at radius 2 is 1.55 bits per heavy atom. The number of para-hydroxylation sites is 2. The lowest BCUT2D eigenvalue weighted by Crippen LogP contribution is -2.12. The maximum atomic E-state index is 5.55. The lowest BCUT2D eigenvalue weighted by molar-refractivity contribution is 0.418. The van der Waals surface area contributed by atoms with Gasteiger partial charge in [0.2, 0.25) is 0 Å². The molecule has 1 aliphatic rings. The molecule has 1 radical (unpaired) electrons. The molecule has 22 heavy (non-hydrogen) atoms. The van der Waals surface area contributed by atoms with E-state index in [2.05, 4.69) is 57.9 Å². The van der Waals surface area contributed by atoms with Gasteiger partial charge in [-0.15, -0.1) is 11.7 Å². The standard InChI is InChI=1S/C14H15O2P2S4/c1-15-11-7-3-5-9-13(11)17-20-18(21-17,22-19)14-10-6-4-8-12(14)16-2/h3-10,19H,1-2H3. The third-order valence-electron chi connectivity index (χ3n) is 3.13. The largest absolute Gasteiger partial charge is 0.496 e. The predicted molar refractivity (Wildman–Crippen MR) is 111 cm³/mol. The molecular weight excluding hydrogens is 390 g/mol. The second kappa shape index (κ2) is 7.46. The first-order valence-corrected chi connectivity index (χ1v) is 16.1. The summed E-state index contributed by atoms with van der Waals surface area (Å²) >= 11 is 8.68. The Morgan fingerprint density at radius 3 is 2.18 bits per heavy atom. The fourth-order valence-electron chi connectivity index (χ4n) is 2.09. The molecular formula is C14H15O2P2S4. The fraction of sp³-hybridized carbons (Fsp3) is 0.143. The molecule has 0 bridgehead atoms. The number of thiol groups is 1. The van der Waals surface area contributed by atoms with Gasteiger partial charge in [0.05, 0.1) is 25.4 Å². The van der Waals surface area contributed by atoms with E-state index in [4.69, 9.17) is 9.47 Å². The maximum absolute atomic E-state index is 5.55. The van der Waals surface area contributed by atoms with Gasteiger partial charge in [-0.05, 0) is 34.7 Å². The molecule has 1 heterocycles. The highest BCUT2D eigenvalue weighted by Gasteiger charge is 2.49. The highest BCUT2D eigenvalue weighted by molar-refractivity contribution is 9.55. The van der Waals surface area contributed by atoms with Gasteiger partial charge < -0.3 is 9.47 Å². The minimum atomic E-state index is -1.45. The Labute approximate surface area is 149 Å². The quantitative estimate of drug-likeness (QED) is 0.385. The molecule has 0 amide bonds. The van der Waals surface area contributed by atoms with Crippen LogP contribution in [-0.4, -0.2) is 14.2 Å². The van der Waals surface area contributed by atoms with Crippen LogP contribution in [0.25, 0.3) is 0 Å². The topological polar surface area (TPSA) is 18.5 Å². The molecule has 0 aliphatic carbocycles. The fourth-order valence-corrected chi connectivity index (χ4v) is 36.9. The van der Waals surface area contributed by atoms with E-state index in [-0.39, 0.29) is 6.33 Å². The molecule has 0 unspecified atom stereocenters. The molecule has 1 saturated heterocycles. The van der Waals surface area contributed by atoms with Gasteiger partial charge in [0.1, 0.15) is 11.5 Å². The Morgan fingerprint density at radius 1 is 0.955 bits per heavy atom. The second-order valence-electron chi connectivity index (χ2n) is 4.34. The van der Waals surface area contributed by atoms with Crippen molar-refractivity contribution in [1.82, 2.24) is 0 Å². The van der Waals surface area contributed by atoms with Gasteiger partial charge in [0.25, 0.3) is 0 Å². The van der Waals surface area contributed by atoms with Crippen LogP contribution in [0.4, 0.5) is 0 Å². The van der Waals surface area contributed by atoms with E-state index in [1.54, 1.807) is 24.6 Å². The lowest BCUT2D eigenvalue weighted by atomic mass is 10.3. The highest BCUT2D eigenvalue weighted by Crippen LogP contribution is 3.11. The third-order valence-corrected chi connectivity index (χ3v) is 34.4. The van der Waals surface area contributed by atoms with Gasteiger partial charge >= 0.3 is 0 Å². The first kappa shape index (κ1) is 17.1. The average molecular weight is 405 g/mol. The number of hydrogen-bond acceptors (Lipinski definition) is 6. The number of rotatable bonds is 5. The van der Waals surface area contributed by atoms with Crippen LogP contribution in [-0.2, 0) is 0 Å². The molecule has 2 aromatic carbocycles. The molecule has 8 heteroatoms. The van der Waals surface area contributed by atoms with Crippen LogP contribution in [0.15, 0.2) is 48.5 Å². The summed E-state index contributed by atoms with van der Waals surface area (Å²) in [5.74, 6) is 1.95. The first-order chi connectivity index (χ1) is 10.7. The Hall–Kier alpha value is 0.300. The van der Waals surface area contributed by atoms with Crippen molar-refractivity contribution in [2.75, 3.05) is 14.2 Å². The van der Waals surface area contributed by atoms with Crippen molar-refractivity contribution in [3.63, 3.8) is 0 Å². The number of benzene rings is 2. The molecule has 3 rings (SSSR count). The van der Waals surface area contributed by atoms with Crippen molar-refractivity contribution in [2.45, 2.75) is 0 Å². The molecule has 1 aliphatic heterocycles. The van der Waals surface area contributed by atoms with Crippen LogP contribution in [0.3, 0.4) is 0 Å². The number of hydrogen-bond donors (Lipinski definition) is 1. The Bertz CT molecular complexity index is 665. The Balaban J connectivity index is 1.88. The van der Waals surface area contributed by atoms with Gasteiger partial charge in [-0.3, -0.25) is 0 Å². The summed E-state index contributed by atoms with van der Waals surface area (Å²) in [6, 6.07) is 16.6. The third kappa shape index (κ3) is 3.11. The first-order valence-electron chi connectivity index (χ1n) is 6.42. The Kier molecular flexibility index (Phi) is 5.81. The highest BCUT2D eigenvalue weighted by atomic mass is 33.8. The summed E-state index contributed by atoms with van der Waals surface area (Å²) in [6.07, 6.45) is -0.322. The van der Waals surface area contributed by atoms with Crippen molar-refractivity contribution in [2.24, 2.45) is 0 Å².